The van der Waals surface area contributed by atoms with E-state index in [2.05, 4.69) is 38.8 Å². The number of rotatable bonds is 5. The fraction of sp³-hybridized carbons (Fsp3) is 0.344. The van der Waals surface area contributed by atoms with Crippen molar-refractivity contribution < 1.29 is 4.74 Å². The van der Waals surface area contributed by atoms with Gasteiger partial charge in [0.15, 0.2) is 5.65 Å². The maximum absolute atomic E-state index is 14.0. The predicted octanol–water partition coefficient (Wildman–Crippen LogP) is 5.39. The Hall–Kier alpha value is -4.21. The molecule has 3 aromatic heterocycles. The summed E-state index contributed by atoms with van der Waals surface area (Å²) in [6, 6.07) is 12.1. The minimum absolute atomic E-state index is 0.0520. The third kappa shape index (κ3) is 5.07. The SMILES string of the molecule is Cc1cc(C2CCCC2)cnc1-c1cc2cnc(Nc3ccc(C4CNCCO4)cc3)nc2n(C2=NC=CC2)c1=O. The molecule has 2 aliphatic heterocycles. The van der Waals surface area contributed by atoms with E-state index < -0.39 is 0 Å². The molecule has 0 amide bonds. The number of anilines is 2. The Morgan fingerprint density at radius 1 is 1.05 bits per heavy atom. The van der Waals surface area contributed by atoms with E-state index in [0.29, 0.717) is 47.6 Å². The first-order chi connectivity index (χ1) is 20.1. The third-order valence-electron chi connectivity index (χ3n) is 8.28. The van der Waals surface area contributed by atoms with E-state index in [1.807, 2.05) is 37.4 Å². The molecule has 5 heterocycles. The van der Waals surface area contributed by atoms with Crippen LogP contribution in [0.5, 0.6) is 0 Å². The van der Waals surface area contributed by atoms with Crippen LogP contribution in [-0.2, 0) is 4.74 Å². The van der Waals surface area contributed by atoms with Gasteiger partial charge in [0, 0.05) is 49.2 Å². The van der Waals surface area contributed by atoms with Gasteiger partial charge in [0.05, 0.1) is 24.0 Å². The van der Waals surface area contributed by atoms with E-state index in [1.54, 1.807) is 17.0 Å². The van der Waals surface area contributed by atoms with Gasteiger partial charge in [-0.3, -0.25) is 9.78 Å². The van der Waals surface area contributed by atoms with Gasteiger partial charge in [-0.1, -0.05) is 37.1 Å². The topological polar surface area (TPSA) is 106 Å². The molecule has 1 saturated carbocycles. The Bertz CT molecular complexity index is 1710. The zero-order chi connectivity index (χ0) is 27.8. The van der Waals surface area contributed by atoms with Crippen LogP contribution >= 0.6 is 0 Å². The van der Waals surface area contributed by atoms with E-state index in [9.17, 15) is 4.79 Å². The van der Waals surface area contributed by atoms with Crippen molar-refractivity contribution in [3.8, 4) is 11.3 Å². The highest BCUT2D eigenvalue weighted by atomic mass is 16.5. The summed E-state index contributed by atoms with van der Waals surface area (Å²) in [6.07, 6.45) is 12.9. The number of benzene rings is 1. The molecule has 2 N–H and O–H groups in total. The van der Waals surface area contributed by atoms with Crippen molar-refractivity contribution in [3.63, 3.8) is 0 Å². The molecule has 208 valence electrons. The number of nitrogens with zero attached hydrogens (tertiary/aromatic N) is 5. The fourth-order valence-electron chi connectivity index (χ4n) is 6.12. The van der Waals surface area contributed by atoms with Gasteiger partial charge in [-0.05, 0) is 60.6 Å². The molecule has 0 spiro atoms. The molecule has 7 rings (SSSR count). The van der Waals surface area contributed by atoms with E-state index in [-0.39, 0.29) is 11.7 Å². The monoisotopic (exact) mass is 547 g/mol. The molecule has 1 saturated heterocycles. The standard InChI is InChI=1S/C32H33N7O2/c1-20-15-23(21-5-2-3-6-21)17-35-29(20)26-16-24-18-36-32(38-30(24)39(31(26)40)28-7-4-12-34-28)37-25-10-8-22(9-11-25)27-19-33-13-14-41-27/h4,8-12,15-18,21,27,33H,2-3,5-7,13-14,19H2,1H3,(H,36,37,38). The average molecular weight is 548 g/mol. The van der Waals surface area contributed by atoms with Gasteiger partial charge in [-0.15, -0.1) is 0 Å². The van der Waals surface area contributed by atoms with Crippen LogP contribution in [0.4, 0.5) is 11.6 Å². The summed E-state index contributed by atoms with van der Waals surface area (Å²) >= 11 is 0. The minimum Gasteiger partial charge on any atom is -0.371 e. The van der Waals surface area contributed by atoms with Crippen molar-refractivity contribution in [2.24, 2.45) is 4.99 Å². The summed E-state index contributed by atoms with van der Waals surface area (Å²) in [7, 11) is 0. The summed E-state index contributed by atoms with van der Waals surface area (Å²) in [5.74, 6) is 1.61. The quantitative estimate of drug-likeness (QED) is 0.345. The van der Waals surface area contributed by atoms with Crippen LogP contribution in [0.1, 0.15) is 60.8 Å². The van der Waals surface area contributed by atoms with Crippen LogP contribution in [0.2, 0.25) is 0 Å². The lowest BCUT2D eigenvalue weighted by Gasteiger charge is -2.24. The number of hydrogen-bond acceptors (Lipinski definition) is 8. The normalized spacial score (nSPS) is 19.1. The number of pyridine rings is 2. The molecular formula is C32H33N7O2. The second-order valence-electron chi connectivity index (χ2n) is 11.0. The molecule has 0 radical (unpaired) electrons. The predicted molar refractivity (Wildman–Crippen MR) is 161 cm³/mol. The van der Waals surface area contributed by atoms with Crippen molar-refractivity contribution in [1.82, 2.24) is 24.8 Å². The molecule has 3 aliphatic rings. The van der Waals surface area contributed by atoms with Gasteiger partial charge < -0.3 is 15.4 Å². The number of aliphatic imine (C=N–C) groups is 1. The largest absolute Gasteiger partial charge is 0.371 e. The van der Waals surface area contributed by atoms with Gasteiger partial charge in [-0.2, -0.15) is 4.98 Å². The number of aromatic nitrogens is 4. The first kappa shape index (κ1) is 25.7. The van der Waals surface area contributed by atoms with E-state index in [0.717, 1.165) is 35.3 Å². The van der Waals surface area contributed by atoms with Crippen LogP contribution in [0.25, 0.3) is 22.3 Å². The third-order valence-corrected chi connectivity index (χ3v) is 8.28. The summed E-state index contributed by atoms with van der Waals surface area (Å²) < 4.78 is 7.47. The lowest BCUT2D eigenvalue weighted by atomic mass is 9.96. The van der Waals surface area contributed by atoms with Crippen molar-refractivity contribution >= 4 is 28.5 Å². The summed E-state index contributed by atoms with van der Waals surface area (Å²) in [5, 5.41) is 7.40. The number of allylic oxidation sites excluding steroid dienone is 1. The molecule has 41 heavy (non-hydrogen) atoms. The van der Waals surface area contributed by atoms with Crippen molar-refractivity contribution in [3.05, 3.63) is 88.1 Å². The highest BCUT2D eigenvalue weighted by molar-refractivity contribution is 5.96. The summed E-state index contributed by atoms with van der Waals surface area (Å²) in [5.41, 5.74) is 5.79. The van der Waals surface area contributed by atoms with Crippen LogP contribution in [0, 0.1) is 6.92 Å². The number of hydrogen-bond donors (Lipinski definition) is 2. The van der Waals surface area contributed by atoms with Gasteiger partial charge in [-0.25, -0.2) is 14.5 Å². The van der Waals surface area contributed by atoms with Crippen LogP contribution < -0.4 is 16.2 Å². The minimum atomic E-state index is -0.181. The van der Waals surface area contributed by atoms with E-state index in [1.165, 1.54) is 31.2 Å². The second kappa shape index (κ2) is 11.0. The molecule has 4 aromatic rings. The Balaban J connectivity index is 1.24. The molecule has 9 heteroatoms. The first-order valence-electron chi connectivity index (χ1n) is 14.4. The number of ether oxygens (including phenoxy) is 1. The van der Waals surface area contributed by atoms with Crippen molar-refractivity contribution in [2.45, 2.75) is 51.0 Å². The number of morpholine rings is 1. The molecule has 0 bridgehead atoms. The molecule has 1 aliphatic carbocycles. The molecule has 1 unspecified atom stereocenters. The maximum Gasteiger partial charge on any atom is 0.267 e. The number of fused-ring (bicyclic) bond motifs is 1. The Morgan fingerprint density at radius 3 is 2.63 bits per heavy atom. The molecule has 1 atom stereocenters. The summed E-state index contributed by atoms with van der Waals surface area (Å²) in [6.45, 7) is 4.43. The first-order valence-corrected chi connectivity index (χ1v) is 14.4. The van der Waals surface area contributed by atoms with E-state index in [4.69, 9.17) is 14.7 Å². The smallest absolute Gasteiger partial charge is 0.267 e. The van der Waals surface area contributed by atoms with Gasteiger partial charge in [0.1, 0.15) is 5.84 Å². The van der Waals surface area contributed by atoms with Crippen LogP contribution in [0.15, 0.2) is 70.9 Å². The maximum atomic E-state index is 14.0. The zero-order valence-electron chi connectivity index (χ0n) is 23.1. The van der Waals surface area contributed by atoms with Gasteiger partial charge >= 0.3 is 0 Å². The highest BCUT2D eigenvalue weighted by Gasteiger charge is 2.22. The zero-order valence-corrected chi connectivity index (χ0v) is 23.1. The lowest BCUT2D eigenvalue weighted by molar-refractivity contribution is 0.0277. The Morgan fingerprint density at radius 2 is 1.90 bits per heavy atom. The molecule has 1 aromatic carbocycles. The van der Waals surface area contributed by atoms with Crippen LogP contribution in [0.3, 0.4) is 0 Å². The van der Waals surface area contributed by atoms with Gasteiger partial charge in [0.25, 0.3) is 5.56 Å². The Kier molecular flexibility index (Phi) is 6.90. The van der Waals surface area contributed by atoms with Crippen molar-refractivity contribution in [1.29, 1.82) is 0 Å². The number of nitrogens with one attached hydrogen (secondary N) is 2. The molecule has 2 fully saturated rings. The van der Waals surface area contributed by atoms with E-state index >= 15 is 0 Å². The summed E-state index contributed by atoms with van der Waals surface area (Å²) in [4.78, 5) is 32.7. The van der Waals surface area contributed by atoms with Crippen molar-refractivity contribution in [2.75, 3.05) is 25.0 Å². The fourth-order valence-corrected chi connectivity index (χ4v) is 6.12. The second-order valence-corrected chi connectivity index (χ2v) is 11.0. The lowest BCUT2D eigenvalue weighted by Crippen LogP contribution is -2.33. The van der Waals surface area contributed by atoms with Crippen LogP contribution in [-0.4, -0.2) is 45.1 Å². The number of aryl methyl sites for hydroxylation is 1. The molecular weight excluding hydrogens is 514 g/mol. The average Bonchev–Trinajstić information content (AvgIpc) is 3.74. The van der Waals surface area contributed by atoms with Gasteiger partial charge in [0.2, 0.25) is 5.95 Å². The molecule has 9 nitrogen and oxygen atoms in total. The highest BCUT2D eigenvalue weighted by Crippen LogP contribution is 2.35. The Labute approximate surface area is 238 Å².